The second kappa shape index (κ2) is 6.84. The largest absolute Gasteiger partial charge is 0.305 e. The van der Waals surface area contributed by atoms with Gasteiger partial charge in [-0.25, -0.2) is 4.98 Å². The molecule has 0 fully saturated rings. The summed E-state index contributed by atoms with van der Waals surface area (Å²) in [7, 11) is 0. The minimum atomic E-state index is -0.0403. The van der Waals surface area contributed by atoms with Crippen LogP contribution < -0.4 is 5.56 Å². The van der Waals surface area contributed by atoms with Gasteiger partial charge in [-0.05, 0) is 49.1 Å². The molecule has 5 heteroatoms. The molecule has 1 aliphatic rings. The highest BCUT2D eigenvalue weighted by molar-refractivity contribution is 5.49. The first-order valence-electron chi connectivity index (χ1n) is 8.92. The Balaban J connectivity index is 1.60. The number of pyridine rings is 1. The fourth-order valence-corrected chi connectivity index (χ4v) is 3.41. The lowest BCUT2D eigenvalue weighted by molar-refractivity contribution is 0.240. The van der Waals surface area contributed by atoms with Gasteiger partial charge in [-0.3, -0.25) is 14.7 Å². The van der Waals surface area contributed by atoms with E-state index in [1.54, 1.807) is 6.20 Å². The monoisotopic (exact) mass is 346 g/mol. The van der Waals surface area contributed by atoms with Gasteiger partial charge in [-0.2, -0.15) is 0 Å². The van der Waals surface area contributed by atoms with Crippen molar-refractivity contribution in [2.24, 2.45) is 0 Å². The molecule has 2 aromatic heterocycles. The van der Waals surface area contributed by atoms with Crippen LogP contribution in [0.25, 0.3) is 11.5 Å². The number of aryl methyl sites for hydroxylation is 2. The molecule has 5 nitrogen and oxygen atoms in total. The van der Waals surface area contributed by atoms with Crippen molar-refractivity contribution < 1.29 is 0 Å². The van der Waals surface area contributed by atoms with E-state index in [0.29, 0.717) is 18.1 Å². The van der Waals surface area contributed by atoms with E-state index >= 15 is 0 Å². The summed E-state index contributed by atoms with van der Waals surface area (Å²) in [6, 6.07) is 12.2. The molecule has 0 radical (unpaired) electrons. The molecule has 0 unspecified atom stereocenters. The van der Waals surface area contributed by atoms with Gasteiger partial charge in [-0.1, -0.05) is 24.3 Å². The van der Waals surface area contributed by atoms with Crippen LogP contribution in [0.2, 0.25) is 0 Å². The molecule has 1 aromatic carbocycles. The molecule has 3 aromatic rings. The van der Waals surface area contributed by atoms with Gasteiger partial charge in [0.05, 0.1) is 5.69 Å². The van der Waals surface area contributed by atoms with Gasteiger partial charge in [0.2, 0.25) is 0 Å². The molecule has 4 rings (SSSR count). The average molecular weight is 346 g/mol. The van der Waals surface area contributed by atoms with E-state index in [1.165, 1.54) is 16.7 Å². The van der Waals surface area contributed by atoms with Crippen molar-refractivity contribution in [1.82, 2.24) is 19.9 Å². The summed E-state index contributed by atoms with van der Waals surface area (Å²) in [5.41, 5.74) is 6.25. The number of hydrogen-bond acceptors (Lipinski definition) is 4. The molecule has 0 amide bonds. The molecule has 1 N–H and O–H groups in total. The predicted molar refractivity (Wildman–Crippen MR) is 102 cm³/mol. The van der Waals surface area contributed by atoms with Crippen molar-refractivity contribution >= 4 is 0 Å². The number of benzene rings is 1. The van der Waals surface area contributed by atoms with Crippen LogP contribution in [0.1, 0.15) is 27.9 Å². The number of nitrogens with zero attached hydrogens (tertiary/aromatic N) is 3. The Labute approximate surface area is 152 Å². The van der Waals surface area contributed by atoms with Crippen LogP contribution in [0.5, 0.6) is 0 Å². The van der Waals surface area contributed by atoms with E-state index in [-0.39, 0.29) is 5.56 Å². The number of aromatic nitrogens is 3. The number of rotatable bonds is 3. The zero-order valence-electron chi connectivity index (χ0n) is 15.1. The lowest BCUT2D eigenvalue weighted by Gasteiger charge is -2.28. The maximum absolute atomic E-state index is 12.5. The first kappa shape index (κ1) is 16.7. The molecule has 0 aliphatic carbocycles. The lowest BCUT2D eigenvalue weighted by atomic mass is 10.0. The van der Waals surface area contributed by atoms with Gasteiger partial charge >= 0.3 is 0 Å². The van der Waals surface area contributed by atoms with Crippen LogP contribution in [0, 0.1) is 13.8 Å². The summed E-state index contributed by atoms with van der Waals surface area (Å²) in [6.45, 7) is 6.70. The third kappa shape index (κ3) is 3.30. The third-order valence-electron chi connectivity index (χ3n) is 5.04. The normalized spacial score (nSPS) is 14.2. The van der Waals surface area contributed by atoms with Crippen LogP contribution in [0.15, 0.2) is 47.4 Å². The van der Waals surface area contributed by atoms with Gasteiger partial charge in [-0.15, -0.1) is 0 Å². The molecule has 0 spiro atoms. The first-order chi connectivity index (χ1) is 12.6. The Bertz CT molecular complexity index is 995. The molecular weight excluding hydrogens is 324 g/mol. The Morgan fingerprint density at radius 3 is 2.81 bits per heavy atom. The molecule has 132 valence electrons. The Morgan fingerprint density at radius 2 is 2.04 bits per heavy atom. The van der Waals surface area contributed by atoms with Gasteiger partial charge in [0.1, 0.15) is 5.69 Å². The Morgan fingerprint density at radius 1 is 1.15 bits per heavy atom. The molecule has 0 atom stereocenters. The maximum Gasteiger partial charge on any atom is 0.254 e. The molecule has 1 aliphatic heterocycles. The van der Waals surface area contributed by atoms with E-state index < -0.39 is 0 Å². The molecule has 0 bridgehead atoms. The van der Waals surface area contributed by atoms with Crippen LogP contribution in [0.3, 0.4) is 0 Å². The number of fused-ring (bicyclic) bond motifs is 1. The number of hydrogen-bond donors (Lipinski definition) is 1. The molecule has 3 heterocycles. The van der Waals surface area contributed by atoms with Crippen molar-refractivity contribution in [3.05, 3.63) is 80.9 Å². The van der Waals surface area contributed by atoms with E-state index in [1.807, 2.05) is 18.2 Å². The second-order valence-electron chi connectivity index (χ2n) is 6.93. The summed E-state index contributed by atoms with van der Waals surface area (Å²) in [4.78, 5) is 26.7. The smallest absolute Gasteiger partial charge is 0.254 e. The van der Waals surface area contributed by atoms with E-state index in [0.717, 1.165) is 30.8 Å². The van der Waals surface area contributed by atoms with Crippen LogP contribution >= 0.6 is 0 Å². The maximum atomic E-state index is 12.5. The van der Waals surface area contributed by atoms with Crippen molar-refractivity contribution in [2.45, 2.75) is 33.4 Å². The standard InChI is InChI=1S/C21H22N4O/c1-14-6-7-16(11-15(14)2)12-25-10-8-17-19(13-25)23-20(24-21(17)26)18-5-3-4-9-22-18/h3-7,9,11H,8,10,12-13H2,1-2H3,(H,23,24,26). The minimum absolute atomic E-state index is 0.0403. The lowest BCUT2D eigenvalue weighted by Crippen LogP contribution is -2.35. The number of nitrogens with one attached hydrogen (secondary N) is 1. The minimum Gasteiger partial charge on any atom is -0.305 e. The van der Waals surface area contributed by atoms with Crippen LogP contribution in [-0.2, 0) is 19.5 Å². The van der Waals surface area contributed by atoms with Crippen LogP contribution in [-0.4, -0.2) is 26.4 Å². The Kier molecular flexibility index (Phi) is 4.39. The third-order valence-corrected chi connectivity index (χ3v) is 5.04. The molecule has 0 saturated heterocycles. The highest BCUT2D eigenvalue weighted by atomic mass is 16.1. The summed E-state index contributed by atoms with van der Waals surface area (Å²) in [5, 5.41) is 0. The van der Waals surface area contributed by atoms with E-state index in [9.17, 15) is 4.79 Å². The second-order valence-corrected chi connectivity index (χ2v) is 6.93. The summed E-state index contributed by atoms with van der Waals surface area (Å²) < 4.78 is 0. The highest BCUT2D eigenvalue weighted by Crippen LogP contribution is 2.20. The first-order valence-corrected chi connectivity index (χ1v) is 8.92. The SMILES string of the molecule is Cc1ccc(CN2CCc3c(nc(-c4ccccn4)[nH]c3=O)C2)cc1C. The topological polar surface area (TPSA) is 61.9 Å². The van der Waals surface area contributed by atoms with Gasteiger partial charge < -0.3 is 4.98 Å². The van der Waals surface area contributed by atoms with Crippen LogP contribution in [0.4, 0.5) is 0 Å². The van der Waals surface area contributed by atoms with E-state index in [2.05, 4.69) is 46.9 Å². The fraction of sp³-hybridized carbons (Fsp3) is 0.286. The summed E-state index contributed by atoms with van der Waals surface area (Å²) in [6.07, 6.45) is 2.44. The van der Waals surface area contributed by atoms with Gasteiger partial charge in [0.25, 0.3) is 5.56 Å². The number of H-pyrrole nitrogens is 1. The predicted octanol–water partition coefficient (Wildman–Crippen LogP) is 3.01. The number of aromatic amines is 1. The molecular formula is C21H22N4O. The fourth-order valence-electron chi connectivity index (χ4n) is 3.41. The van der Waals surface area contributed by atoms with Gasteiger partial charge in [0.15, 0.2) is 5.82 Å². The summed E-state index contributed by atoms with van der Waals surface area (Å²) in [5.74, 6) is 0.544. The highest BCUT2D eigenvalue weighted by Gasteiger charge is 2.21. The quantitative estimate of drug-likeness (QED) is 0.792. The van der Waals surface area contributed by atoms with Gasteiger partial charge in [0, 0.05) is 31.4 Å². The van der Waals surface area contributed by atoms with E-state index in [4.69, 9.17) is 4.98 Å². The van der Waals surface area contributed by atoms with Crippen molar-refractivity contribution in [2.75, 3.05) is 6.54 Å². The zero-order valence-corrected chi connectivity index (χ0v) is 15.1. The molecule has 0 saturated carbocycles. The van der Waals surface area contributed by atoms with Crippen molar-refractivity contribution in [1.29, 1.82) is 0 Å². The average Bonchev–Trinajstić information content (AvgIpc) is 2.65. The van der Waals surface area contributed by atoms with Crippen molar-refractivity contribution in [3.63, 3.8) is 0 Å². The summed E-state index contributed by atoms with van der Waals surface area (Å²) >= 11 is 0. The van der Waals surface area contributed by atoms with Crippen molar-refractivity contribution in [3.8, 4) is 11.5 Å². The zero-order chi connectivity index (χ0) is 18.1. The Hall–Kier alpha value is -2.79. The molecule has 26 heavy (non-hydrogen) atoms.